The van der Waals surface area contributed by atoms with Gasteiger partial charge in [0.05, 0.1) is 6.54 Å². The van der Waals surface area contributed by atoms with Crippen LogP contribution in [0, 0.1) is 13.8 Å². The van der Waals surface area contributed by atoms with Gasteiger partial charge in [-0.1, -0.05) is 6.07 Å². The van der Waals surface area contributed by atoms with Gasteiger partial charge in [-0.2, -0.15) is 0 Å². The Kier molecular flexibility index (Phi) is 5.50. The Hall–Kier alpha value is -3.26. The topological polar surface area (TPSA) is 111 Å². The van der Waals surface area contributed by atoms with E-state index in [1.54, 1.807) is 12.3 Å². The Bertz CT molecular complexity index is 1080. The number of nitrogens with zero attached hydrogens (tertiary/aromatic N) is 4. The van der Waals surface area contributed by atoms with Crippen LogP contribution < -0.4 is 5.32 Å². The van der Waals surface area contributed by atoms with E-state index in [2.05, 4.69) is 20.5 Å². The largest absolute Gasteiger partial charge is 0.507 e. The Labute approximate surface area is 174 Å². The molecule has 1 fully saturated rings. The number of nitrogens with one attached hydrogen (secondary N) is 1. The first-order chi connectivity index (χ1) is 14.4. The maximum absolute atomic E-state index is 11.0. The molecule has 1 aliphatic heterocycles. The number of fused-ring (bicyclic) bond motifs is 1. The third kappa shape index (κ3) is 4.04. The number of aryl methyl sites for hydroxylation is 2. The smallest absolute Gasteiger partial charge is 0.317 e. The second-order valence-electron chi connectivity index (χ2n) is 7.89. The molecule has 8 nitrogen and oxygen atoms in total. The summed E-state index contributed by atoms with van der Waals surface area (Å²) < 4.78 is 0. The molecule has 0 aliphatic carbocycles. The van der Waals surface area contributed by atoms with E-state index in [9.17, 15) is 9.90 Å². The van der Waals surface area contributed by atoms with Crippen molar-refractivity contribution in [2.75, 3.05) is 25.0 Å². The predicted octanol–water partition coefficient (Wildman–Crippen LogP) is 2.98. The van der Waals surface area contributed by atoms with Crippen molar-refractivity contribution < 1.29 is 15.0 Å². The van der Waals surface area contributed by atoms with Crippen molar-refractivity contribution >= 4 is 22.7 Å². The molecule has 4 rings (SSSR count). The number of aliphatic carboxylic acids is 1. The molecule has 0 bridgehead atoms. The van der Waals surface area contributed by atoms with Crippen LogP contribution in [-0.2, 0) is 4.79 Å². The Balaban J connectivity index is 1.69. The summed E-state index contributed by atoms with van der Waals surface area (Å²) in [5, 5.41) is 32.7. The van der Waals surface area contributed by atoms with Crippen molar-refractivity contribution in [1.29, 1.82) is 0 Å². The number of aromatic hydroxyl groups is 1. The zero-order valence-corrected chi connectivity index (χ0v) is 17.1. The van der Waals surface area contributed by atoms with Crippen LogP contribution in [0.2, 0.25) is 0 Å². The van der Waals surface area contributed by atoms with E-state index in [1.165, 1.54) is 0 Å². The first-order valence-electron chi connectivity index (χ1n) is 10.0. The highest BCUT2D eigenvalue weighted by Crippen LogP contribution is 2.36. The number of carbonyl (C=O) groups is 1. The van der Waals surface area contributed by atoms with Crippen molar-refractivity contribution in [3.8, 4) is 17.0 Å². The van der Waals surface area contributed by atoms with Crippen LogP contribution in [0.25, 0.3) is 22.2 Å². The lowest BCUT2D eigenvalue weighted by Gasteiger charge is -2.32. The summed E-state index contributed by atoms with van der Waals surface area (Å²) in [6.45, 7) is 5.32. The summed E-state index contributed by atoms with van der Waals surface area (Å²) in [7, 11) is 0. The number of piperidine rings is 1. The number of hydrogen-bond donors (Lipinski definition) is 3. The lowest BCUT2D eigenvalue weighted by Crippen LogP contribution is -2.44. The minimum Gasteiger partial charge on any atom is -0.507 e. The molecule has 0 radical (unpaired) electrons. The maximum Gasteiger partial charge on any atom is 0.317 e. The highest BCUT2D eigenvalue weighted by atomic mass is 16.4. The molecular formula is C22H25N5O3. The van der Waals surface area contributed by atoms with Gasteiger partial charge < -0.3 is 15.5 Å². The molecule has 2 aromatic heterocycles. The molecule has 0 amide bonds. The third-order valence-electron chi connectivity index (χ3n) is 5.44. The highest BCUT2D eigenvalue weighted by Gasteiger charge is 2.23. The molecule has 3 heterocycles. The summed E-state index contributed by atoms with van der Waals surface area (Å²) in [5.41, 5.74) is 3.72. The number of carboxylic acids is 1. The van der Waals surface area contributed by atoms with Crippen molar-refractivity contribution in [2.45, 2.75) is 32.7 Å². The van der Waals surface area contributed by atoms with Gasteiger partial charge in [-0.15, -0.1) is 10.2 Å². The number of phenolic OH excluding ortho intramolecular Hbond substituents is 1. The van der Waals surface area contributed by atoms with Crippen molar-refractivity contribution in [1.82, 2.24) is 20.1 Å². The van der Waals surface area contributed by atoms with Crippen LogP contribution >= 0.6 is 0 Å². The van der Waals surface area contributed by atoms with E-state index in [1.807, 2.05) is 36.9 Å². The molecule has 0 spiro atoms. The summed E-state index contributed by atoms with van der Waals surface area (Å²) in [4.78, 5) is 17.5. The average Bonchev–Trinajstić information content (AvgIpc) is 2.68. The first-order valence-corrected chi connectivity index (χ1v) is 10.0. The SMILES string of the molecule is Cc1cc(C)c(-c2nnc(NC3CCCN(CC(=O)O)C3)c3cccnc23)c(O)c1. The molecule has 156 valence electrons. The molecule has 3 N–H and O–H groups in total. The van der Waals surface area contributed by atoms with Crippen LogP contribution in [0.3, 0.4) is 0 Å². The van der Waals surface area contributed by atoms with E-state index in [4.69, 9.17) is 5.11 Å². The van der Waals surface area contributed by atoms with Crippen molar-refractivity contribution in [3.05, 3.63) is 41.6 Å². The number of pyridine rings is 1. The van der Waals surface area contributed by atoms with Gasteiger partial charge in [-0.25, -0.2) is 0 Å². The van der Waals surface area contributed by atoms with Gasteiger partial charge in [0, 0.05) is 29.7 Å². The van der Waals surface area contributed by atoms with E-state index in [0.29, 0.717) is 29.1 Å². The van der Waals surface area contributed by atoms with Crippen LogP contribution in [-0.4, -0.2) is 61.9 Å². The molecule has 3 aromatic rings. The molecule has 1 aliphatic rings. The molecule has 30 heavy (non-hydrogen) atoms. The minimum atomic E-state index is -0.817. The molecule has 0 saturated carbocycles. The molecule has 1 aromatic carbocycles. The minimum absolute atomic E-state index is 0.0388. The van der Waals surface area contributed by atoms with Gasteiger partial charge in [0.15, 0.2) is 5.82 Å². The van der Waals surface area contributed by atoms with E-state index >= 15 is 0 Å². The van der Waals surface area contributed by atoms with Gasteiger partial charge in [0.1, 0.15) is 17.0 Å². The third-order valence-corrected chi connectivity index (χ3v) is 5.44. The van der Waals surface area contributed by atoms with Gasteiger partial charge >= 0.3 is 5.97 Å². The number of hydrogen-bond acceptors (Lipinski definition) is 7. The Morgan fingerprint density at radius 1 is 1.30 bits per heavy atom. The van der Waals surface area contributed by atoms with Gasteiger partial charge in [0.2, 0.25) is 0 Å². The fourth-order valence-corrected chi connectivity index (χ4v) is 4.22. The van der Waals surface area contributed by atoms with Crippen LogP contribution in [0.5, 0.6) is 5.75 Å². The first kappa shape index (κ1) is 20.0. The molecule has 1 saturated heterocycles. The van der Waals surface area contributed by atoms with Crippen molar-refractivity contribution in [3.63, 3.8) is 0 Å². The fourth-order valence-electron chi connectivity index (χ4n) is 4.22. The van der Waals surface area contributed by atoms with E-state index in [-0.39, 0.29) is 18.3 Å². The summed E-state index contributed by atoms with van der Waals surface area (Å²) >= 11 is 0. The highest BCUT2D eigenvalue weighted by molar-refractivity contribution is 5.98. The van der Waals surface area contributed by atoms with Gasteiger partial charge in [0.25, 0.3) is 0 Å². The van der Waals surface area contributed by atoms with E-state index in [0.717, 1.165) is 35.9 Å². The van der Waals surface area contributed by atoms with Crippen LogP contribution in [0.1, 0.15) is 24.0 Å². The average molecular weight is 407 g/mol. The molecular weight excluding hydrogens is 382 g/mol. The number of aromatic nitrogens is 3. The normalized spacial score (nSPS) is 17.2. The van der Waals surface area contributed by atoms with Gasteiger partial charge in [-0.3, -0.25) is 14.7 Å². The maximum atomic E-state index is 11.0. The number of phenols is 1. The fraction of sp³-hybridized carbons (Fsp3) is 0.364. The lowest BCUT2D eigenvalue weighted by molar-refractivity contribution is -0.138. The molecule has 8 heteroatoms. The van der Waals surface area contributed by atoms with Crippen LogP contribution in [0.4, 0.5) is 5.82 Å². The Morgan fingerprint density at radius 3 is 2.90 bits per heavy atom. The summed E-state index contributed by atoms with van der Waals surface area (Å²) in [6, 6.07) is 7.57. The number of likely N-dealkylation sites (tertiary alicyclic amines) is 1. The number of carboxylic acid groups (broad SMARTS) is 1. The molecule has 1 atom stereocenters. The summed E-state index contributed by atoms with van der Waals surface area (Å²) in [6.07, 6.45) is 3.55. The zero-order valence-electron chi connectivity index (χ0n) is 17.1. The Morgan fingerprint density at radius 2 is 2.13 bits per heavy atom. The zero-order chi connectivity index (χ0) is 21.3. The summed E-state index contributed by atoms with van der Waals surface area (Å²) in [5.74, 6) is -0.0398. The quantitative estimate of drug-likeness (QED) is 0.592. The van der Waals surface area contributed by atoms with E-state index < -0.39 is 5.97 Å². The van der Waals surface area contributed by atoms with Gasteiger partial charge in [-0.05, 0) is 62.6 Å². The lowest BCUT2D eigenvalue weighted by atomic mass is 9.99. The van der Waals surface area contributed by atoms with Crippen LogP contribution in [0.15, 0.2) is 30.5 Å². The second-order valence-corrected chi connectivity index (χ2v) is 7.89. The molecule has 1 unspecified atom stereocenters. The number of benzene rings is 1. The number of anilines is 1. The standard InChI is InChI=1S/C22H25N5O3/c1-13-9-14(2)19(17(28)10-13)21-20-16(6-3-7-23-20)22(26-25-21)24-15-5-4-8-27(11-15)12-18(29)30/h3,6-7,9-10,15,28H,4-5,8,11-12H2,1-2H3,(H,24,26)(H,29,30). The number of rotatable bonds is 5. The van der Waals surface area contributed by atoms with Crippen molar-refractivity contribution in [2.24, 2.45) is 0 Å². The second kappa shape index (κ2) is 8.23. The predicted molar refractivity (Wildman–Crippen MR) is 115 cm³/mol. The monoisotopic (exact) mass is 407 g/mol.